The first-order valence-electron chi connectivity index (χ1n) is 10.9. The molecule has 0 unspecified atom stereocenters. The van der Waals surface area contributed by atoms with E-state index in [0.29, 0.717) is 25.7 Å². The first-order valence-corrected chi connectivity index (χ1v) is 10.9. The zero-order chi connectivity index (χ0) is 22.1. The Hall–Kier alpha value is -1.57. The molecule has 3 fully saturated rings. The van der Waals surface area contributed by atoms with Gasteiger partial charge in [-0.1, -0.05) is 13.8 Å². The van der Waals surface area contributed by atoms with Crippen LogP contribution in [0, 0.1) is 28.6 Å². The molecule has 0 saturated heterocycles. The highest BCUT2D eigenvalue weighted by Crippen LogP contribution is 2.67. The summed E-state index contributed by atoms with van der Waals surface area (Å²) in [6, 6.07) is 0. The van der Waals surface area contributed by atoms with Crippen molar-refractivity contribution in [3.05, 3.63) is 11.6 Å². The molecule has 0 radical (unpaired) electrons. The Morgan fingerprint density at radius 3 is 2.60 bits per heavy atom. The van der Waals surface area contributed by atoms with Crippen LogP contribution in [-0.2, 0) is 19.1 Å². The van der Waals surface area contributed by atoms with E-state index in [1.165, 1.54) is 6.92 Å². The van der Waals surface area contributed by atoms with Crippen molar-refractivity contribution < 1.29 is 34.4 Å². The van der Waals surface area contributed by atoms with Gasteiger partial charge in [0.2, 0.25) is 5.78 Å². The van der Waals surface area contributed by atoms with Crippen LogP contribution in [-0.4, -0.2) is 57.3 Å². The summed E-state index contributed by atoms with van der Waals surface area (Å²) in [5.74, 6) is -1.35. The van der Waals surface area contributed by atoms with E-state index in [9.17, 15) is 29.7 Å². The van der Waals surface area contributed by atoms with Crippen molar-refractivity contribution in [3.8, 4) is 0 Å². The maximum atomic E-state index is 12.9. The maximum Gasteiger partial charge on any atom is 0.303 e. The van der Waals surface area contributed by atoms with E-state index in [1.54, 1.807) is 6.08 Å². The molecule has 0 spiro atoms. The molecule has 7 heteroatoms. The second kappa shape index (κ2) is 6.97. The van der Waals surface area contributed by atoms with E-state index >= 15 is 0 Å². The van der Waals surface area contributed by atoms with Crippen molar-refractivity contribution in [2.45, 2.75) is 77.1 Å². The predicted octanol–water partition coefficient (Wildman–Crippen LogP) is 1.32. The minimum Gasteiger partial charge on any atom is -0.458 e. The number of rotatable bonds is 3. The number of aliphatic hydroxyl groups is 3. The van der Waals surface area contributed by atoms with E-state index in [1.807, 2.05) is 13.8 Å². The highest BCUT2D eigenvalue weighted by Gasteiger charge is 2.69. The lowest BCUT2D eigenvalue weighted by atomic mass is 9.45. The van der Waals surface area contributed by atoms with Gasteiger partial charge in [0.25, 0.3) is 0 Å². The molecule has 0 aromatic rings. The van der Waals surface area contributed by atoms with Crippen molar-refractivity contribution in [1.82, 2.24) is 0 Å². The maximum absolute atomic E-state index is 12.9. The number of esters is 1. The largest absolute Gasteiger partial charge is 0.458 e. The number of aliphatic hydroxyl groups excluding tert-OH is 2. The molecular formula is C23H32O7. The minimum absolute atomic E-state index is 0.0152. The molecule has 8 atom stereocenters. The second-order valence-electron chi connectivity index (χ2n) is 10.3. The van der Waals surface area contributed by atoms with Gasteiger partial charge in [-0.25, -0.2) is 0 Å². The van der Waals surface area contributed by atoms with E-state index in [4.69, 9.17) is 4.74 Å². The summed E-state index contributed by atoms with van der Waals surface area (Å²) in [4.78, 5) is 36.0. The molecule has 3 N–H and O–H groups in total. The highest BCUT2D eigenvalue weighted by atomic mass is 16.5. The first kappa shape index (κ1) is 21.7. The Labute approximate surface area is 176 Å². The van der Waals surface area contributed by atoms with Crippen molar-refractivity contribution in [2.75, 3.05) is 6.61 Å². The Balaban J connectivity index is 1.69. The van der Waals surface area contributed by atoms with Crippen molar-refractivity contribution in [3.63, 3.8) is 0 Å². The Morgan fingerprint density at radius 1 is 1.23 bits per heavy atom. The summed E-state index contributed by atoms with van der Waals surface area (Å²) < 4.78 is 4.86. The molecular weight excluding hydrogens is 388 g/mol. The van der Waals surface area contributed by atoms with Crippen LogP contribution in [0.5, 0.6) is 0 Å². The molecule has 7 nitrogen and oxygen atoms in total. The molecule has 0 aromatic carbocycles. The van der Waals surface area contributed by atoms with Gasteiger partial charge in [-0.3, -0.25) is 14.4 Å². The lowest BCUT2D eigenvalue weighted by Crippen LogP contribution is -2.63. The average Bonchev–Trinajstić information content (AvgIpc) is 2.93. The molecule has 0 amide bonds. The molecule has 166 valence electrons. The fourth-order valence-corrected chi connectivity index (χ4v) is 7.49. The third-order valence-electron chi connectivity index (χ3n) is 8.93. The van der Waals surface area contributed by atoms with Crippen molar-refractivity contribution in [2.24, 2.45) is 28.6 Å². The van der Waals surface area contributed by atoms with Gasteiger partial charge >= 0.3 is 5.97 Å². The zero-order valence-electron chi connectivity index (χ0n) is 17.9. The molecule has 4 rings (SSSR count). The number of Topliss-reactive ketones (excluding diaryl/α,β-unsaturated/α-hetero) is 1. The lowest BCUT2D eigenvalue weighted by molar-refractivity contribution is -0.188. The van der Waals surface area contributed by atoms with Crippen LogP contribution in [0.1, 0.15) is 59.3 Å². The Morgan fingerprint density at radius 2 is 1.93 bits per heavy atom. The number of fused-ring (bicyclic) bond motifs is 5. The van der Waals surface area contributed by atoms with Crippen LogP contribution >= 0.6 is 0 Å². The number of carbonyl (C=O) groups excluding carboxylic acids is 3. The quantitative estimate of drug-likeness (QED) is 0.589. The summed E-state index contributed by atoms with van der Waals surface area (Å²) in [5, 5.41) is 33.7. The van der Waals surface area contributed by atoms with E-state index in [2.05, 4.69) is 0 Å². The van der Waals surface area contributed by atoms with Gasteiger partial charge < -0.3 is 20.1 Å². The number of hydrogen-bond acceptors (Lipinski definition) is 7. The lowest BCUT2D eigenvalue weighted by Gasteiger charge is -2.61. The average molecular weight is 421 g/mol. The number of ether oxygens (including phenoxy) is 1. The van der Waals surface area contributed by atoms with Gasteiger partial charge in [-0.2, -0.15) is 0 Å². The summed E-state index contributed by atoms with van der Waals surface area (Å²) in [5.41, 5.74) is -2.29. The molecule has 0 aromatic heterocycles. The number of hydrogen-bond donors (Lipinski definition) is 3. The van der Waals surface area contributed by atoms with Gasteiger partial charge in [0.05, 0.1) is 12.2 Å². The summed E-state index contributed by atoms with van der Waals surface area (Å²) in [7, 11) is 0. The topological polar surface area (TPSA) is 121 Å². The van der Waals surface area contributed by atoms with Crippen LogP contribution in [0.4, 0.5) is 0 Å². The normalized spacial score (nSPS) is 47.6. The molecule has 30 heavy (non-hydrogen) atoms. The highest BCUT2D eigenvalue weighted by molar-refractivity contribution is 5.92. The van der Waals surface area contributed by atoms with Crippen LogP contribution in [0.15, 0.2) is 11.6 Å². The monoisotopic (exact) mass is 420 g/mol. The minimum atomic E-state index is -1.68. The van der Waals surface area contributed by atoms with Crippen molar-refractivity contribution >= 4 is 17.5 Å². The SMILES string of the molecule is CC(=O)OCC(=O)[C@@]1(O)CC[C@H]2[C@@H]3C[C@H](O)C4=CC(=O)CC[C@]4(C)[C@H]3[C@@H](O)C[C@@]21C. The number of carbonyl (C=O) groups is 3. The standard InChI is InChI=1S/C23H32O7/c1-12(24)30-11-19(28)23(29)7-5-15-14-9-17(26)16-8-13(25)4-6-21(16,2)20(14)18(27)10-22(15,23)3/h8,14-15,17-18,20,26-27,29H,4-7,9-11H2,1-3H3/t14-,15-,17-,18-,20+,21-,22-,23-/m0/s1. The van der Waals surface area contributed by atoms with Gasteiger partial charge in [0, 0.05) is 18.8 Å². The zero-order valence-corrected chi connectivity index (χ0v) is 17.9. The molecule has 0 aliphatic heterocycles. The third-order valence-corrected chi connectivity index (χ3v) is 8.93. The van der Waals surface area contributed by atoms with Crippen LogP contribution in [0.3, 0.4) is 0 Å². The molecule has 0 heterocycles. The molecule has 3 saturated carbocycles. The Kier molecular flexibility index (Phi) is 5.03. The molecule has 0 bridgehead atoms. The van der Waals surface area contributed by atoms with E-state index in [-0.39, 0.29) is 36.4 Å². The smallest absolute Gasteiger partial charge is 0.303 e. The van der Waals surface area contributed by atoms with E-state index < -0.39 is 47.0 Å². The van der Waals surface area contributed by atoms with Gasteiger partial charge in [0.1, 0.15) is 5.60 Å². The summed E-state index contributed by atoms with van der Waals surface area (Å²) in [6.07, 6.45) is 2.54. The summed E-state index contributed by atoms with van der Waals surface area (Å²) >= 11 is 0. The predicted molar refractivity (Wildman–Crippen MR) is 106 cm³/mol. The number of ketones is 2. The van der Waals surface area contributed by atoms with E-state index in [0.717, 1.165) is 5.57 Å². The molecule has 4 aliphatic carbocycles. The van der Waals surface area contributed by atoms with Gasteiger partial charge in [-0.15, -0.1) is 0 Å². The summed E-state index contributed by atoms with van der Waals surface area (Å²) in [6.45, 7) is 4.62. The van der Waals surface area contributed by atoms with Crippen molar-refractivity contribution in [1.29, 1.82) is 0 Å². The van der Waals surface area contributed by atoms with Crippen LogP contribution < -0.4 is 0 Å². The third kappa shape index (κ3) is 2.85. The fraction of sp³-hybridized carbons (Fsp3) is 0.783. The molecule has 4 aliphatic rings. The fourth-order valence-electron chi connectivity index (χ4n) is 7.49. The Bertz CT molecular complexity index is 818. The first-order chi connectivity index (χ1) is 13.9. The van der Waals surface area contributed by atoms with Crippen LogP contribution in [0.2, 0.25) is 0 Å². The van der Waals surface area contributed by atoms with Crippen LogP contribution in [0.25, 0.3) is 0 Å². The van der Waals surface area contributed by atoms with Gasteiger partial charge in [0.15, 0.2) is 12.4 Å². The second-order valence-corrected chi connectivity index (χ2v) is 10.3. The van der Waals surface area contributed by atoms with Gasteiger partial charge in [-0.05, 0) is 66.9 Å².